The van der Waals surface area contributed by atoms with Crippen molar-refractivity contribution < 1.29 is 35.4 Å². The van der Waals surface area contributed by atoms with Crippen molar-refractivity contribution >= 4 is 10.1 Å². The van der Waals surface area contributed by atoms with Crippen LogP contribution in [0.3, 0.4) is 0 Å². The molecule has 0 fully saturated rings. The quantitative estimate of drug-likeness (QED) is 0.524. The van der Waals surface area contributed by atoms with Crippen LogP contribution in [0.4, 0.5) is 0 Å². The van der Waals surface area contributed by atoms with Crippen LogP contribution in [-0.4, -0.2) is 13.0 Å². The molecule has 5 heteroatoms. The minimum atomic E-state index is -3.85. The molecule has 0 aromatic carbocycles. The maximum atomic E-state index is 9.70. The molecule has 0 saturated heterocycles. The molecule has 53 valence electrons. The third-order valence-corrected chi connectivity index (χ3v) is 0.924. The topological polar surface area (TPSA) is 54.4 Å². The van der Waals surface area contributed by atoms with Crippen LogP contribution in [0.1, 0.15) is 6.92 Å². The molecule has 0 amide bonds. The standard InChI is InChI=1S/C3H6O3S.Ag/c1-2-3-7(4,5)6;/h2-3H,1H3,(H,4,5,6);. The summed E-state index contributed by atoms with van der Waals surface area (Å²) in [5.74, 6) is 0. The van der Waals surface area contributed by atoms with Crippen LogP contribution in [0.15, 0.2) is 11.5 Å². The van der Waals surface area contributed by atoms with Crippen LogP contribution >= 0.6 is 0 Å². The summed E-state index contributed by atoms with van der Waals surface area (Å²) in [6.45, 7) is 1.51. The summed E-state index contributed by atoms with van der Waals surface area (Å²) in [6, 6.07) is 0. The van der Waals surface area contributed by atoms with E-state index < -0.39 is 10.1 Å². The van der Waals surface area contributed by atoms with Crippen molar-refractivity contribution in [1.82, 2.24) is 0 Å². The van der Waals surface area contributed by atoms with Crippen molar-refractivity contribution in [3.05, 3.63) is 11.5 Å². The van der Waals surface area contributed by atoms with Crippen molar-refractivity contribution in [3.63, 3.8) is 0 Å². The van der Waals surface area contributed by atoms with E-state index in [2.05, 4.69) is 0 Å². The van der Waals surface area contributed by atoms with Crippen LogP contribution in [0.5, 0.6) is 0 Å². The Kier molecular flexibility index (Phi) is 6.01. The second-order valence-corrected chi connectivity index (χ2v) is 2.29. The summed E-state index contributed by atoms with van der Waals surface area (Å²) in [5.41, 5.74) is 0. The Bertz CT molecular complexity index is 157. The van der Waals surface area contributed by atoms with Gasteiger partial charge in [0.25, 0.3) is 10.1 Å². The van der Waals surface area contributed by atoms with Gasteiger partial charge in [-0.05, 0) is 6.92 Å². The average Bonchev–Trinajstić information content (AvgIpc) is 1.30. The van der Waals surface area contributed by atoms with Crippen LogP contribution < -0.4 is 0 Å². The van der Waals surface area contributed by atoms with E-state index in [-0.39, 0.29) is 22.4 Å². The van der Waals surface area contributed by atoms with Gasteiger partial charge in [0.05, 0.1) is 5.41 Å². The SMILES string of the molecule is CC=CS(=O)(=O)O.[Ag]. The first kappa shape index (κ1) is 11.2. The molecule has 0 atom stereocenters. The van der Waals surface area contributed by atoms with Crippen molar-refractivity contribution in [2.45, 2.75) is 6.92 Å². The largest absolute Gasteiger partial charge is 0.287 e. The molecular formula is C3H6AgO3S. The molecule has 0 aliphatic heterocycles. The van der Waals surface area contributed by atoms with Gasteiger partial charge in [0.1, 0.15) is 0 Å². The number of hydrogen-bond acceptors (Lipinski definition) is 2. The zero-order valence-corrected chi connectivity index (χ0v) is 6.43. The maximum absolute atomic E-state index is 9.70. The zero-order valence-electron chi connectivity index (χ0n) is 4.13. The van der Waals surface area contributed by atoms with Gasteiger partial charge < -0.3 is 0 Å². The molecule has 0 spiro atoms. The van der Waals surface area contributed by atoms with Crippen LogP contribution in [0.25, 0.3) is 0 Å². The van der Waals surface area contributed by atoms with Gasteiger partial charge in [0.15, 0.2) is 0 Å². The first-order valence-corrected chi connectivity index (χ1v) is 3.17. The molecule has 0 heterocycles. The summed E-state index contributed by atoms with van der Waals surface area (Å²) >= 11 is 0. The molecule has 8 heavy (non-hydrogen) atoms. The predicted octanol–water partition coefficient (Wildman–Crippen LogP) is 0.405. The van der Waals surface area contributed by atoms with Crippen molar-refractivity contribution in [2.24, 2.45) is 0 Å². The van der Waals surface area contributed by atoms with Crippen LogP contribution in [0, 0.1) is 0 Å². The Balaban J connectivity index is 0. The van der Waals surface area contributed by atoms with Crippen LogP contribution in [-0.2, 0) is 32.5 Å². The molecule has 0 bridgehead atoms. The fourth-order valence-electron chi connectivity index (χ4n) is 0.172. The Labute approximate surface area is 64.0 Å². The van der Waals surface area contributed by atoms with Gasteiger partial charge in [-0.15, -0.1) is 0 Å². The second-order valence-electron chi connectivity index (χ2n) is 0.984. The molecule has 0 rings (SSSR count). The van der Waals surface area contributed by atoms with Gasteiger partial charge in [-0.3, -0.25) is 4.55 Å². The smallest absolute Gasteiger partial charge is 0.282 e. The third kappa shape index (κ3) is 9.63. The molecule has 1 N–H and O–H groups in total. The minimum Gasteiger partial charge on any atom is -0.282 e. The molecule has 0 unspecified atom stereocenters. The fourth-order valence-corrected chi connectivity index (χ4v) is 0.516. The van der Waals surface area contributed by atoms with E-state index in [0.717, 1.165) is 0 Å². The van der Waals surface area contributed by atoms with E-state index in [1.165, 1.54) is 13.0 Å². The Morgan fingerprint density at radius 3 is 1.88 bits per heavy atom. The summed E-state index contributed by atoms with van der Waals surface area (Å²) in [4.78, 5) is 0. The molecule has 0 aromatic heterocycles. The molecule has 0 aliphatic carbocycles. The van der Waals surface area contributed by atoms with Crippen molar-refractivity contribution in [3.8, 4) is 0 Å². The van der Waals surface area contributed by atoms with E-state index >= 15 is 0 Å². The van der Waals surface area contributed by atoms with Gasteiger partial charge in [-0.2, -0.15) is 8.42 Å². The van der Waals surface area contributed by atoms with E-state index in [4.69, 9.17) is 4.55 Å². The van der Waals surface area contributed by atoms with Gasteiger partial charge in [0, 0.05) is 22.4 Å². The maximum Gasteiger partial charge on any atom is 0.287 e. The predicted molar refractivity (Wildman–Crippen MR) is 26.4 cm³/mol. The Hall–Kier alpha value is 0.390. The van der Waals surface area contributed by atoms with Gasteiger partial charge in [0.2, 0.25) is 0 Å². The summed E-state index contributed by atoms with van der Waals surface area (Å²) in [6.07, 6.45) is 1.25. The fraction of sp³-hybridized carbons (Fsp3) is 0.333. The molecule has 0 aliphatic rings. The average molecular weight is 230 g/mol. The minimum absolute atomic E-state index is 0. The molecular weight excluding hydrogens is 224 g/mol. The number of rotatable bonds is 1. The monoisotopic (exact) mass is 229 g/mol. The first-order chi connectivity index (χ1) is 3.06. The first-order valence-electron chi connectivity index (χ1n) is 1.66. The van der Waals surface area contributed by atoms with Crippen molar-refractivity contribution in [1.29, 1.82) is 0 Å². The van der Waals surface area contributed by atoms with E-state index in [9.17, 15) is 8.42 Å². The third-order valence-electron chi connectivity index (χ3n) is 0.308. The van der Waals surface area contributed by atoms with E-state index in [1.54, 1.807) is 0 Å². The van der Waals surface area contributed by atoms with Gasteiger partial charge >= 0.3 is 0 Å². The van der Waals surface area contributed by atoms with Gasteiger partial charge in [-0.25, -0.2) is 0 Å². The van der Waals surface area contributed by atoms with Crippen LogP contribution in [0.2, 0.25) is 0 Å². The van der Waals surface area contributed by atoms with Crippen molar-refractivity contribution in [2.75, 3.05) is 0 Å². The van der Waals surface area contributed by atoms with Gasteiger partial charge in [-0.1, -0.05) is 6.08 Å². The second kappa shape index (κ2) is 4.29. The zero-order chi connectivity index (χ0) is 5.91. The molecule has 0 saturated carbocycles. The summed E-state index contributed by atoms with van der Waals surface area (Å²) < 4.78 is 27.3. The normalized spacial score (nSPS) is 11.2. The number of hydrogen-bond donors (Lipinski definition) is 1. The van der Waals surface area contributed by atoms with E-state index in [0.29, 0.717) is 5.41 Å². The number of allylic oxidation sites excluding steroid dienone is 1. The summed E-state index contributed by atoms with van der Waals surface area (Å²) in [7, 11) is -3.85. The van der Waals surface area contributed by atoms with E-state index in [1.807, 2.05) is 0 Å². The molecule has 1 radical (unpaired) electrons. The molecule has 3 nitrogen and oxygen atoms in total. The Morgan fingerprint density at radius 1 is 1.50 bits per heavy atom. The molecule has 0 aromatic rings. The Morgan fingerprint density at radius 2 is 1.88 bits per heavy atom. The summed E-state index contributed by atoms with van der Waals surface area (Å²) in [5, 5.41) is 0.715.